The van der Waals surface area contributed by atoms with Crippen LogP contribution in [0.2, 0.25) is 36.3 Å². The molecular weight excluding hydrogens is 484 g/mol. The summed E-state index contributed by atoms with van der Waals surface area (Å²) < 4.78 is 32.7. The van der Waals surface area contributed by atoms with Gasteiger partial charge in [0.1, 0.15) is 18.3 Å². The minimum absolute atomic E-state index is 0.0327. The van der Waals surface area contributed by atoms with Crippen molar-refractivity contribution in [1.29, 1.82) is 0 Å². The van der Waals surface area contributed by atoms with Crippen molar-refractivity contribution >= 4 is 16.6 Å². The SMILES string of the molecule is COCCO[C@@H]1[C@H](O[Si](C)(C)C(C)(C)C)[C@@H](CO[Si](C)(C)C(C)(C)C)O[C@H]1n1ccc(=O)[nH]c1=O. The van der Waals surface area contributed by atoms with Gasteiger partial charge in [0, 0.05) is 19.4 Å². The maximum absolute atomic E-state index is 12.7. The van der Waals surface area contributed by atoms with Gasteiger partial charge >= 0.3 is 5.69 Å². The zero-order valence-corrected chi connectivity index (χ0v) is 25.4. The topological polar surface area (TPSA) is 101 Å². The van der Waals surface area contributed by atoms with Crippen molar-refractivity contribution in [3.8, 4) is 0 Å². The summed E-state index contributed by atoms with van der Waals surface area (Å²) in [5, 5.41) is -0.00711. The summed E-state index contributed by atoms with van der Waals surface area (Å²) in [7, 11) is -2.71. The van der Waals surface area contributed by atoms with Crippen molar-refractivity contribution in [1.82, 2.24) is 9.55 Å². The molecule has 1 fully saturated rings. The third-order valence-corrected chi connectivity index (χ3v) is 16.6. The van der Waals surface area contributed by atoms with Crippen molar-refractivity contribution in [3.63, 3.8) is 0 Å². The molecule has 1 aromatic rings. The van der Waals surface area contributed by atoms with E-state index in [1.165, 1.54) is 16.8 Å². The van der Waals surface area contributed by atoms with E-state index in [9.17, 15) is 9.59 Å². The summed E-state index contributed by atoms with van der Waals surface area (Å²) in [4.78, 5) is 26.7. The van der Waals surface area contributed by atoms with E-state index in [4.69, 9.17) is 23.1 Å². The molecule has 0 unspecified atom stereocenters. The van der Waals surface area contributed by atoms with Crippen LogP contribution in [-0.2, 0) is 23.1 Å². The maximum atomic E-state index is 12.7. The first-order valence-electron chi connectivity index (χ1n) is 12.3. The zero-order chi connectivity index (χ0) is 26.8. The molecule has 4 atom stereocenters. The fraction of sp³-hybridized carbons (Fsp3) is 0.833. The molecule has 1 saturated heterocycles. The molecule has 35 heavy (non-hydrogen) atoms. The van der Waals surface area contributed by atoms with Crippen LogP contribution in [0.5, 0.6) is 0 Å². The predicted octanol–water partition coefficient (Wildman–Crippen LogP) is 3.88. The fourth-order valence-corrected chi connectivity index (χ4v) is 5.64. The molecule has 202 valence electrons. The number of hydrogen-bond acceptors (Lipinski definition) is 7. The number of ether oxygens (including phenoxy) is 3. The Morgan fingerprint density at radius 1 is 0.971 bits per heavy atom. The molecule has 0 aromatic carbocycles. The van der Waals surface area contributed by atoms with Gasteiger partial charge in [-0.15, -0.1) is 0 Å². The Bertz CT molecular complexity index is 947. The average Bonchev–Trinajstić information content (AvgIpc) is 3.01. The molecule has 0 saturated carbocycles. The minimum Gasteiger partial charge on any atom is -0.414 e. The van der Waals surface area contributed by atoms with Crippen LogP contribution in [0.1, 0.15) is 47.8 Å². The number of nitrogens with zero attached hydrogens (tertiary/aromatic N) is 1. The standard InChI is InChI=1S/C24H46N2O7Si2/c1-23(2,3)34(8,9)31-16-17-19(33-35(10,11)24(4,5)6)20(30-15-14-29-7)21(32-17)26-13-12-18(27)25-22(26)28/h12-13,17,19-21H,14-16H2,1-11H3,(H,25,27,28)/t17-,19-,20-,21-/m1/s1. The van der Waals surface area contributed by atoms with Gasteiger partial charge in [0.25, 0.3) is 5.56 Å². The summed E-state index contributed by atoms with van der Waals surface area (Å²) in [6, 6.07) is 1.31. The lowest BCUT2D eigenvalue weighted by molar-refractivity contribution is -0.0809. The Morgan fingerprint density at radius 2 is 1.57 bits per heavy atom. The van der Waals surface area contributed by atoms with Gasteiger partial charge in [0.2, 0.25) is 0 Å². The van der Waals surface area contributed by atoms with E-state index in [1.807, 2.05) is 0 Å². The molecule has 2 heterocycles. The Morgan fingerprint density at radius 3 is 2.09 bits per heavy atom. The number of rotatable bonds is 10. The number of H-pyrrole nitrogens is 1. The van der Waals surface area contributed by atoms with Crippen LogP contribution < -0.4 is 11.2 Å². The van der Waals surface area contributed by atoms with Crippen LogP contribution in [0, 0.1) is 0 Å². The molecule has 0 amide bonds. The van der Waals surface area contributed by atoms with Gasteiger partial charge in [-0.05, 0) is 36.3 Å². The molecule has 2 rings (SSSR count). The van der Waals surface area contributed by atoms with Crippen LogP contribution in [0.3, 0.4) is 0 Å². The van der Waals surface area contributed by atoms with Gasteiger partial charge in [0.15, 0.2) is 22.9 Å². The lowest BCUT2D eigenvalue weighted by Crippen LogP contribution is -2.52. The van der Waals surface area contributed by atoms with Crippen LogP contribution in [0.4, 0.5) is 0 Å². The Balaban J connectivity index is 2.49. The molecule has 1 aliphatic rings. The van der Waals surface area contributed by atoms with Crippen LogP contribution in [0.15, 0.2) is 21.9 Å². The monoisotopic (exact) mass is 530 g/mol. The molecule has 1 aliphatic heterocycles. The van der Waals surface area contributed by atoms with Gasteiger partial charge in [-0.3, -0.25) is 14.3 Å². The normalized spacial score (nSPS) is 24.2. The minimum atomic E-state index is -2.25. The van der Waals surface area contributed by atoms with Crippen LogP contribution in [0.25, 0.3) is 0 Å². The van der Waals surface area contributed by atoms with Gasteiger partial charge in [-0.25, -0.2) is 4.79 Å². The van der Waals surface area contributed by atoms with E-state index in [-0.39, 0.29) is 10.1 Å². The average molecular weight is 531 g/mol. The molecule has 0 radical (unpaired) electrons. The largest absolute Gasteiger partial charge is 0.414 e. The van der Waals surface area contributed by atoms with E-state index in [1.54, 1.807) is 7.11 Å². The highest BCUT2D eigenvalue weighted by Crippen LogP contribution is 2.43. The molecule has 0 bridgehead atoms. The van der Waals surface area contributed by atoms with Crippen molar-refractivity contribution in [3.05, 3.63) is 33.1 Å². The van der Waals surface area contributed by atoms with Crippen LogP contribution >= 0.6 is 0 Å². The van der Waals surface area contributed by atoms with E-state index in [0.29, 0.717) is 19.8 Å². The van der Waals surface area contributed by atoms with Crippen molar-refractivity contribution in [2.24, 2.45) is 0 Å². The Kier molecular flexibility index (Phi) is 9.57. The van der Waals surface area contributed by atoms with Crippen LogP contribution in [-0.4, -0.2) is 71.4 Å². The lowest BCUT2D eigenvalue weighted by atomic mass is 10.1. The first kappa shape index (κ1) is 30.1. The molecule has 1 N–H and O–H groups in total. The van der Waals surface area contributed by atoms with Gasteiger partial charge in [-0.1, -0.05) is 41.5 Å². The van der Waals surface area contributed by atoms with Gasteiger partial charge in [-0.2, -0.15) is 0 Å². The summed E-state index contributed by atoms with van der Waals surface area (Å²) in [5.41, 5.74) is -1.02. The number of nitrogens with one attached hydrogen (secondary N) is 1. The lowest BCUT2D eigenvalue weighted by Gasteiger charge is -2.41. The maximum Gasteiger partial charge on any atom is 0.330 e. The van der Waals surface area contributed by atoms with Crippen molar-refractivity contribution < 1.29 is 23.1 Å². The Hall–Kier alpha value is -1.09. The zero-order valence-electron chi connectivity index (χ0n) is 23.4. The van der Waals surface area contributed by atoms with Crippen molar-refractivity contribution in [2.75, 3.05) is 26.9 Å². The highest BCUT2D eigenvalue weighted by atomic mass is 28.4. The number of methoxy groups -OCH3 is 1. The van der Waals surface area contributed by atoms with Gasteiger partial charge < -0.3 is 23.1 Å². The Labute approximate surface area is 211 Å². The molecule has 11 heteroatoms. The number of aromatic amines is 1. The summed E-state index contributed by atoms with van der Waals surface area (Å²) in [6.45, 7) is 22.9. The first-order valence-corrected chi connectivity index (χ1v) is 18.1. The molecule has 0 aliphatic carbocycles. The van der Waals surface area contributed by atoms with Crippen molar-refractivity contribution in [2.45, 2.75) is 102 Å². The molecule has 0 spiro atoms. The molecule has 9 nitrogen and oxygen atoms in total. The van der Waals surface area contributed by atoms with E-state index in [2.05, 4.69) is 72.7 Å². The number of hydrogen-bond donors (Lipinski definition) is 1. The van der Waals surface area contributed by atoms with E-state index in [0.717, 1.165) is 0 Å². The van der Waals surface area contributed by atoms with E-state index < -0.39 is 52.4 Å². The predicted molar refractivity (Wildman–Crippen MR) is 142 cm³/mol. The third-order valence-electron chi connectivity index (χ3n) is 7.66. The fourth-order valence-electron chi connectivity index (χ4n) is 3.31. The second kappa shape index (κ2) is 11.1. The summed E-state index contributed by atoms with van der Waals surface area (Å²) >= 11 is 0. The smallest absolute Gasteiger partial charge is 0.330 e. The second-order valence-corrected chi connectivity index (χ2v) is 21.9. The highest BCUT2D eigenvalue weighted by molar-refractivity contribution is 6.74. The number of aromatic nitrogens is 2. The quantitative estimate of drug-likeness (QED) is 0.362. The third kappa shape index (κ3) is 7.24. The first-order chi connectivity index (χ1) is 15.9. The molecule has 1 aromatic heterocycles. The summed E-state index contributed by atoms with van der Waals surface area (Å²) in [5.74, 6) is 0. The summed E-state index contributed by atoms with van der Waals surface area (Å²) in [6.07, 6.45) is -0.829. The van der Waals surface area contributed by atoms with Gasteiger partial charge in [0.05, 0.1) is 19.8 Å². The second-order valence-electron chi connectivity index (χ2n) is 12.3. The molecular formula is C24H46N2O7Si2. The highest BCUT2D eigenvalue weighted by Gasteiger charge is 2.52. The van der Waals surface area contributed by atoms with E-state index >= 15 is 0 Å².